The van der Waals surface area contributed by atoms with Crippen molar-refractivity contribution < 1.29 is 18.0 Å². The molecule has 0 atom stereocenters. The molecule has 0 fully saturated rings. The van der Waals surface area contributed by atoms with Crippen LogP contribution in [0.1, 0.15) is 29.8 Å². The molecular formula is C20H21ClN4O4S. The molecule has 2 rings (SSSR count). The minimum absolute atomic E-state index is 0.0449. The quantitative estimate of drug-likeness (QED) is 0.674. The summed E-state index contributed by atoms with van der Waals surface area (Å²) in [6, 6.07) is 11.6. The van der Waals surface area contributed by atoms with Crippen LogP contribution in [0.15, 0.2) is 47.4 Å². The number of nitrogens with one attached hydrogen (secondary N) is 2. The van der Waals surface area contributed by atoms with Gasteiger partial charge in [0.1, 0.15) is 0 Å². The minimum Gasteiger partial charge on any atom is -0.350 e. The van der Waals surface area contributed by atoms with Crippen LogP contribution >= 0.6 is 11.6 Å². The predicted molar refractivity (Wildman–Crippen MR) is 114 cm³/mol. The highest BCUT2D eigenvalue weighted by molar-refractivity contribution is 7.89. The van der Waals surface area contributed by atoms with E-state index >= 15 is 0 Å². The summed E-state index contributed by atoms with van der Waals surface area (Å²) >= 11 is 5.98. The average molecular weight is 449 g/mol. The van der Waals surface area contributed by atoms with Crippen LogP contribution in [0.5, 0.6) is 0 Å². The van der Waals surface area contributed by atoms with Crippen LogP contribution in [-0.4, -0.2) is 44.2 Å². The van der Waals surface area contributed by atoms with Crippen LogP contribution in [-0.2, 0) is 14.8 Å². The van der Waals surface area contributed by atoms with E-state index in [1.807, 2.05) is 6.07 Å². The largest absolute Gasteiger partial charge is 0.350 e. The monoisotopic (exact) mass is 448 g/mol. The lowest BCUT2D eigenvalue weighted by Gasteiger charge is -2.18. The predicted octanol–water partition coefficient (Wildman–Crippen LogP) is 2.61. The summed E-state index contributed by atoms with van der Waals surface area (Å²) in [4.78, 5) is 24.8. The molecule has 0 aliphatic rings. The fraction of sp³-hybridized carbons (Fsp3) is 0.250. The zero-order valence-corrected chi connectivity index (χ0v) is 18.2. The van der Waals surface area contributed by atoms with E-state index in [0.29, 0.717) is 10.6 Å². The van der Waals surface area contributed by atoms with Crippen molar-refractivity contribution in [2.24, 2.45) is 0 Å². The summed E-state index contributed by atoms with van der Waals surface area (Å²) in [5.41, 5.74) is 0.705. The SMILES string of the molecule is CC(C)NC(=O)c1ccc(Cl)cc1NC(=O)CN(C)S(=O)(=O)c1ccc(C#N)cc1. The Balaban J connectivity index is 2.17. The molecule has 158 valence electrons. The van der Waals surface area contributed by atoms with Gasteiger partial charge >= 0.3 is 0 Å². The Hall–Kier alpha value is -2.93. The third kappa shape index (κ3) is 5.79. The minimum atomic E-state index is -3.94. The van der Waals surface area contributed by atoms with E-state index in [0.717, 1.165) is 4.31 Å². The van der Waals surface area contributed by atoms with Gasteiger partial charge in [-0.3, -0.25) is 9.59 Å². The van der Waals surface area contributed by atoms with Gasteiger partial charge < -0.3 is 10.6 Å². The highest BCUT2D eigenvalue weighted by atomic mass is 35.5. The number of amides is 2. The van der Waals surface area contributed by atoms with E-state index in [1.54, 1.807) is 13.8 Å². The second-order valence-electron chi connectivity index (χ2n) is 6.76. The van der Waals surface area contributed by atoms with Crippen LogP contribution in [0.3, 0.4) is 0 Å². The third-order valence-corrected chi connectivity index (χ3v) is 6.03. The van der Waals surface area contributed by atoms with Gasteiger partial charge in [0.25, 0.3) is 5.91 Å². The van der Waals surface area contributed by atoms with Crippen molar-refractivity contribution in [3.8, 4) is 6.07 Å². The molecule has 0 aliphatic carbocycles. The van der Waals surface area contributed by atoms with Crippen LogP contribution in [0, 0.1) is 11.3 Å². The third-order valence-electron chi connectivity index (χ3n) is 3.98. The number of likely N-dealkylation sites (N-methyl/N-ethyl adjacent to an activating group) is 1. The van der Waals surface area contributed by atoms with Gasteiger partial charge in [0.2, 0.25) is 15.9 Å². The first-order valence-corrected chi connectivity index (χ1v) is 10.7. The van der Waals surface area contributed by atoms with Crippen molar-refractivity contribution in [3.63, 3.8) is 0 Å². The highest BCUT2D eigenvalue weighted by Crippen LogP contribution is 2.22. The molecule has 0 bridgehead atoms. The van der Waals surface area contributed by atoms with Gasteiger partial charge in [-0.05, 0) is 56.3 Å². The number of anilines is 1. The molecule has 0 aromatic heterocycles. The highest BCUT2D eigenvalue weighted by Gasteiger charge is 2.24. The lowest BCUT2D eigenvalue weighted by molar-refractivity contribution is -0.116. The average Bonchev–Trinajstić information content (AvgIpc) is 2.67. The molecule has 0 spiro atoms. The van der Waals surface area contributed by atoms with Gasteiger partial charge in [0.05, 0.1) is 34.3 Å². The maximum atomic E-state index is 12.6. The number of carbonyl (C=O) groups excluding carboxylic acids is 2. The molecule has 0 saturated heterocycles. The summed E-state index contributed by atoms with van der Waals surface area (Å²) < 4.78 is 26.2. The Morgan fingerprint density at radius 2 is 1.80 bits per heavy atom. The van der Waals surface area contributed by atoms with Crippen LogP contribution in [0.25, 0.3) is 0 Å². The number of carbonyl (C=O) groups is 2. The molecule has 2 amide bonds. The normalized spacial score (nSPS) is 11.2. The molecule has 30 heavy (non-hydrogen) atoms. The van der Waals surface area contributed by atoms with Crippen LogP contribution < -0.4 is 10.6 Å². The van der Waals surface area contributed by atoms with Crippen molar-refractivity contribution >= 4 is 39.1 Å². The zero-order valence-electron chi connectivity index (χ0n) is 16.6. The summed E-state index contributed by atoms with van der Waals surface area (Å²) in [5.74, 6) is -1.04. The Kier molecular flexibility index (Phi) is 7.56. The van der Waals surface area contributed by atoms with Crippen molar-refractivity contribution in [3.05, 3.63) is 58.6 Å². The fourth-order valence-corrected chi connectivity index (χ4v) is 3.82. The number of rotatable bonds is 7. The maximum Gasteiger partial charge on any atom is 0.253 e. The Morgan fingerprint density at radius 1 is 1.17 bits per heavy atom. The molecule has 2 N–H and O–H groups in total. The van der Waals surface area contributed by atoms with E-state index < -0.39 is 28.4 Å². The van der Waals surface area contributed by atoms with E-state index in [9.17, 15) is 18.0 Å². The lowest BCUT2D eigenvalue weighted by Crippen LogP contribution is -2.36. The second kappa shape index (κ2) is 9.71. The van der Waals surface area contributed by atoms with E-state index in [4.69, 9.17) is 16.9 Å². The number of halogens is 1. The van der Waals surface area contributed by atoms with E-state index in [-0.39, 0.29) is 22.2 Å². The number of nitrogens with zero attached hydrogens (tertiary/aromatic N) is 2. The van der Waals surface area contributed by atoms with Gasteiger partial charge in [-0.1, -0.05) is 11.6 Å². The topological polar surface area (TPSA) is 119 Å². The molecule has 0 radical (unpaired) electrons. The Morgan fingerprint density at radius 3 is 2.37 bits per heavy atom. The molecule has 8 nitrogen and oxygen atoms in total. The van der Waals surface area contributed by atoms with E-state index in [2.05, 4.69) is 10.6 Å². The van der Waals surface area contributed by atoms with Gasteiger partial charge in [-0.25, -0.2) is 8.42 Å². The number of hydrogen-bond acceptors (Lipinski definition) is 5. The van der Waals surface area contributed by atoms with Crippen molar-refractivity contribution in [1.29, 1.82) is 5.26 Å². The first-order valence-electron chi connectivity index (χ1n) is 8.91. The van der Waals surface area contributed by atoms with Crippen LogP contribution in [0.2, 0.25) is 5.02 Å². The molecule has 2 aromatic carbocycles. The molecular weight excluding hydrogens is 428 g/mol. The van der Waals surface area contributed by atoms with Crippen molar-refractivity contribution in [2.75, 3.05) is 18.9 Å². The first kappa shape index (κ1) is 23.3. The molecule has 0 unspecified atom stereocenters. The second-order valence-corrected chi connectivity index (χ2v) is 9.24. The number of sulfonamides is 1. The van der Waals surface area contributed by atoms with Gasteiger partial charge in [-0.2, -0.15) is 9.57 Å². The van der Waals surface area contributed by atoms with Gasteiger partial charge in [-0.15, -0.1) is 0 Å². The lowest BCUT2D eigenvalue weighted by atomic mass is 10.1. The summed E-state index contributed by atoms with van der Waals surface area (Å²) in [5, 5.41) is 14.4. The molecule has 2 aromatic rings. The zero-order chi connectivity index (χ0) is 22.5. The fourth-order valence-electron chi connectivity index (χ4n) is 2.52. The summed E-state index contributed by atoms with van der Waals surface area (Å²) in [6.07, 6.45) is 0. The maximum absolute atomic E-state index is 12.6. The van der Waals surface area contributed by atoms with Crippen molar-refractivity contribution in [2.45, 2.75) is 24.8 Å². The number of hydrogen-bond donors (Lipinski definition) is 2. The smallest absolute Gasteiger partial charge is 0.253 e. The molecule has 0 heterocycles. The van der Waals surface area contributed by atoms with E-state index in [1.165, 1.54) is 49.5 Å². The first-order chi connectivity index (χ1) is 14.0. The van der Waals surface area contributed by atoms with Gasteiger partial charge in [0.15, 0.2) is 0 Å². The Bertz CT molecular complexity index is 1090. The van der Waals surface area contributed by atoms with Gasteiger partial charge in [0, 0.05) is 18.1 Å². The standard InChI is InChI=1S/C20H21ClN4O4S/c1-13(2)23-20(27)17-9-6-15(21)10-18(17)24-19(26)12-25(3)30(28,29)16-7-4-14(11-22)5-8-16/h4-10,13H,12H2,1-3H3,(H,23,27)(H,24,26). The summed E-state index contributed by atoms with van der Waals surface area (Å²) in [7, 11) is -2.68. The summed E-state index contributed by atoms with van der Waals surface area (Å²) in [6.45, 7) is 3.12. The molecule has 0 aliphatic heterocycles. The van der Waals surface area contributed by atoms with Crippen molar-refractivity contribution in [1.82, 2.24) is 9.62 Å². The Labute approximate surface area is 180 Å². The van der Waals surface area contributed by atoms with Crippen LogP contribution in [0.4, 0.5) is 5.69 Å². The molecule has 0 saturated carbocycles. The molecule has 10 heteroatoms. The number of nitriles is 1. The number of benzene rings is 2.